The second-order valence-corrected chi connectivity index (χ2v) is 7.02. The van der Waals surface area contributed by atoms with Crippen molar-refractivity contribution in [1.82, 2.24) is 19.3 Å². The van der Waals surface area contributed by atoms with Gasteiger partial charge in [-0.2, -0.15) is 17.4 Å². The lowest BCUT2D eigenvalue weighted by atomic mass is 10.1. The molecule has 3 rings (SSSR count). The van der Waals surface area contributed by atoms with Gasteiger partial charge in [-0.3, -0.25) is 0 Å². The van der Waals surface area contributed by atoms with E-state index in [4.69, 9.17) is 4.63 Å². The smallest absolute Gasteiger partial charge is 0.244 e. The minimum Gasteiger partial charge on any atom is -0.244 e. The molecule has 8 heteroatoms. The Morgan fingerprint density at radius 3 is 2.77 bits per heavy atom. The Morgan fingerprint density at radius 2 is 2.09 bits per heavy atom. The van der Waals surface area contributed by atoms with E-state index in [1.165, 1.54) is 4.31 Å². The summed E-state index contributed by atoms with van der Waals surface area (Å²) in [6.07, 6.45) is 1.52. The molecule has 2 aromatic rings. The summed E-state index contributed by atoms with van der Waals surface area (Å²) in [5.74, 6) is 0. The third-order valence-corrected chi connectivity index (χ3v) is 5.38. The quantitative estimate of drug-likeness (QED) is 0.902. The molecule has 1 unspecified atom stereocenters. The van der Waals surface area contributed by atoms with E-state index in [9.17, 15) is 8.42 Å². The molecule has 22 heavy (non-hydrogen) atoms. The van der Waals surface area contributed by atoms with Crippen LogP contribution >= 0.6 is 0 Å². The monoisotopic (exact) mass is 322 g/mol. The van der Waals surface area contributed by atoms with Crippen molar-refractivity contribution in [3.63, 3.8) is 0 Å². The fourth-order valence-corrected chi connectivity index (χ4v) is 4.12. The van der Waals surface area contributed by atoms with Crippen LogP contribution in [0.2, 0.25) is 0 Å². The maximum atomic E-state index is 12.6. The number of nitrogens with zero attached hydrogens (tertiary/aromatic N) is 3. The van der Waals surface area contributed by atoms with Gasteiger partial charge in [-0.1, -0.05) is 40.6 Å². The maximum absolute atomic E-state index is 12.6. The molecule has 0 spiro atoms. The van der Waals surface area contributed by atoms with Crippen LogP contribution in [-0.2, 0) is 16.8 Å². The molecule has 1 aromatic carbocycles. The maximum Gasteiger partial charge on any atom is 0.280 e. The van der Waals surface area contributed by atoms with E-state index in [2.05, 4.69) is 15.0 Å². The summed E-state index contributed by atoms with van der Waals surface area (Å²) in [5.41, 5.74) is 2.15. The highest BCUT2D eigenvalue weighted by molar-refractivity contribution is 7.87. The fraction of sp³-hybridized carbons (Fsp3) is 0.429. The molecule has 1 atom stereocenters. The van der Waals surface area contributed by atoms with Gasteiger partial charge in [-0.05, 0) is 25.3 Å². The number of aromatic nitrogens is 2. The molecule has 2 heterocycles. The van der Waals surface area contributed by atoms with Crippen molar-refractivity contribution in [2.24, 2.45) is 0 Å². The molecular weight excluding hydrogens is 304 g/mol. The van der Waals surface area contributed by atoms with Gasteiger partial charge < -0.3 is 0 Å². The fourth-order valence-electron chi connectivity index (χ4n) is 2.69. The summed E-state index contributed by atoms with van der Waals surface area (Å²) in [6, 6.07) is 9.12. The largest absolute Gasteiger partial charge is 0.280 e. The molecule has 1 aromatic heterocycles. The molecule has 0 bridgehead atoms. The van der Waals surface area contributed by atoms with Crippen LogP contribution in [0.15, 0.2) is 35.0 Å². The first kappa shape index (κ1) is 15.1. The highest BCUT2D eigenvalue weighted by atomic mass is 32.2. The number of benzene rings is 1. The van der Waals surface area contributed by atoms with Gasteiger partial charge in [0.2, 0.25) is 0 Å². The van der Waals surface area contributed by atoms with Crippen LogP contribution in [0.5, 0.6) is 0 Å². The average molecular weight is 322 g/mol. The van der Waals surface area contributed by atoms with Crippen LogP contribution in [0.1, 0.15) is 35.8 Å². The number of nitrogens with one attached hydrogen (secondary N) is 1. The zero-order valence-corrected chi connectivity index (χ0v) is 13.1. The van der Waals surface area contributed by atoms with Crippen LogP contribution in [0.25, 0.3) is 0 Å². The zero-order valence-electron chi connectivity index (χ0n) is 12.3. The van der Waals surface area contributed by atoms with Crippen LogP contribution < -0.4 is 4.72 Å². The van der Waals surface area contributed by atoms with Gasteiger partial charge in [-0.15, -0.1) is 0 Å². The van der Waals surface area contributed by atoms with Gasteiger partial charge in [0.1, 0.15) is 11.4 Å². The minimum absolute atomic E-state index is 0.266. The van der Waals surface area contributed by atoms with Gasteiger partial charge in [0, 0.05) is 13.1 Å². The highest BCUT2D eigenvalue weighted by Gasteiger charge is 2.37. The normalized spacial score (nSPS) is 19.6. The Bertz CT molecular complexity index is 730. The van der Waals surface area contributed by atoms with E-state index in [1.54, 1.807) is 6.92 Å². The average Bonchev–Trinajstić information content (AvgIpc) is 3.15. The van der Waals surface area contributed by atoms with Gasteiger partial charge in [0.05, 0.1) is 6.04 Å². The van der Waals surface area contributed by atoms with Crippen molar-refractivity contribution in [2.45, 2.75) is 32.4 Å². The molecule has 0 radical (unpaired) electrons. The van der Waals surface area contributed by atoms with E-state index in [0.717, 1.165) is 18.4 Å². The Morgan fingerprint density at radius 1 is 1.32 bits per heavy atom. The van der Waals surface area contributed by atoms with Crippen molar-refractivity contribution >= 4 is 10.2 Å². The van der Waals surface area contributed by atoms with Crippen molar-refractivity contribution in [2.75, 3.05) is 6.54 Å². The molecule has 0 amide bonds. The SMILES string of the molecule is Cc1nonc1C1CCCN1S(=O)(=O)NCc1ccccc1. The molecule has 1 aliphatic rings. The third kappa shape index (κ3) is 3.03. The minimum atomic E-state index is -3.58. The number of hydrogen-bond donors (Lipinski definition) is 1. The van der Waals surface area contributed by atoms with Gasteiger partial charge in [-0.25, -0.2) is 4.63 Å². The van der Waals surface area contributed by atoms with Crippen molar-refractivity contribution < 1.29 is 13.0 Å². The molecule has 1 aliphatic heterocycles. The number of hydrogen-bond acceptors (Lipinski definition) is 5. The van der Waals surface area contributed by atoms with E-state index in [0.29, 0.717) is 17.9 Å². The lowest BCUT2D eigenvalue weighted by Crippen LogP contribution is -2.40. The Kier molecular flexibility index (Phi) is 4.23. The number of rotatable bonds is 5. The molecule has 0 aliphatic carbocycles. The van der Waals surface area contributed by atoms with Crippen LogP contribution in [0.4, 0.5) is 0 Å². The van der Waals surface area contributed by atoms with Gasteiger partial charge in [0.25, 0.3) is 10.2 Å². The number of aryl methyl sites for hydroxylation is 1. The van der Waals surface area contributed by atoms with Crippen molar-refractivity contribution in [3.8, 4) is 0 Å². The van der Waals surface area contributed by atoms with Crippen LogP contribution in [0.3, 0.4) is 0 Å². The lowest BCUT2D eigenvalue weighted by molar-refractivity contribution is 0.290. The third-order valence-electron chi connectivity index (χ3n) is 3.82. The first-order valence-corrected chi connectivity index (χ1v) is 8.61. The van der Waals surface area contributed by atoms with Gasteiger partial charge >= 0.3 is 0 Å². The topological polar surface area (TPSA) is 88.3 Å². The molecule has 118 valence electrons. The first-order valence-electron chi connectivity index (χ1n) is 7.17. The second kappa shape index (κ2) is 6.15. The lowest BCUT2D eigenvalue weighted by Gasteiger charge is -2.22. The summed E-state index contributed by atoms with van der Waals surface area (Å²) < 4.78 is 33.9. The van der Waals surface area contributed by atoms with Crippen LogP contribution in [0, 0.1) is 6.92 Å². The molecule has 1 fully saturated rings. The molecule has 1 saturated heterocycles. The van der Waals surface area contributed by atoms with E-state index in [1.807, 2.05) is 30.3 Å². The predicted octanol–water partition coefficient (Wildman–Crippen LogP) is 1.55. The summed E-state index contributed by atoms with van der Waals surface area (Å²) >= 11 is 0. The zero-order chi connectivity index (χ0) is 15.6. The summed E-state index contributed by atoms with van der Waals surface area (Å²) in [7, 11) is -3.58. The van der Waals surface area contributed by atoms with Crippen LogP contribution in [-0.4, -0.2) is 29.6 Å². The molecule has 7 nitrogen and oxygen atoms in total. The Balaban J connectivity index is 1.75. The van der Waals surface area contributed by atoms with Crippen molar-refractivity contribution in [1.29, 1.82) is 0 Å². The first-order chi connectivity index (χ1) is 10.6. The molecular formula is C14H18N4O3S. The summed E-state index contributed by atoms with van der Waals surface area (Å²) in [4.78, 5) is 0. The Hall–Kier alpha value is -1.77. The predicted molar refractivity (Wildman–Crippen MR) is 79.9 cm³/mol. The van der Waals surface area contributed by atoms with Gasteiger partial charge in [0.15, 0.2) is 0 Å². The summed E-state index contributed by atoms with van der Waals surface area (Å²) in [5, 5.41) is 7.60. The second-order valence-electron chi connectivity index (χ2n) is 5.32. The molecule has 0 saturated carbocycles. The Labute approximate surface area is 129 Å². The highest BCUT2D eigenvalue weighted by Crippen LogP contribution is 2.33. The summed E-state index contributed by atoms with van der Waals surface area (Å²) in [6.45, 7) is 2.51. The van der Waals surface area contributed by atoms with Crippen molar-refractivity contribution in [3.05, 3.63) is 47.3 Å². The van der Waals surface area contributed by atoms with E-state index < -0.39 is 10.2 Å². The standard InChI is InChI=1S/C14H18N4O3S/c1-11-14(17-21-16-11)13-8-5-9-18(13)22(19,20)15-10-12-6-3-2-4-7-12/h2-4,6-7,13,15H,5,8-10H2,1H3. The van der Waals surface area contributed by atoms with E-state index >= 15 is 0 Å². The molecule has 1 N–H and O–H groups in total. The van der Waals surface area contributed by atoms with E-state index in [-0.39, 0.29) is 12.6 Å².